The Bertz CT molecular complexity index is 588. The van der Waals surface area contributed by atoms with Crippen LogP contribution in [0.15, 0.2) is 14.4 Å². The second-order valence-corrected chi connectivity index (χ2v) is 2.24. The Balaban J connectivity index is 0.000000845. The smallest absolute Gasteiger partial charge is 0.300 e. The summed E-state index contributed by atoms with van der Waals surface area (Å²) >= 11 is 0. The molecule has 4 N–H and O–H groups in total. The zero-order valence-electron chi connectivity index (χ0n) is 6.03. The fourth-order valence-electron chi connectivity index (χ4n) is 0.958. The quantitative estimate of drug-likeness (QED) is 0.402. The number of H-pyrrole nitrogens is 4. The second kappa shape index (κ2) is 3.08. The maximum Gasteiger partial charge on any atom is 0.327 e. The van der Waals surface area contributed by atoms with Gasteiger partial charge in [-0.25, -0.2) is 9.59 Å². The van der Waals surface area contributed by atoms with E-state index in [-0.39, 0.29) is 28.2 Å². The summed E-state index contributed by atoms with van der Waals surface area (Å²) < 4.78 is 0. The molecular formula is C5H4CuN4O3. The fraction of sp³-hybridized carbons (Fsp3) is 0. The number of rotatable bonds is 0. The van der Waals surface area contributed by atoms with Gasteiger partial charge in [-0.15, -0.1) is 0 Å². The van der Waals surface area contributed by atoms with Crippen molar-refractivity contribution in [3.63, 3.8) is 0 Å². The summed E-state index contributed by atoms with van der Waals surface area (Å²) in [5, 5.41) is 0. The van der Waals surface area contributed by atoms with Crippen LogP contribution in [0.3, 0.4) is 0 Å². The number of aromatic amines is 4. The molecule has 0 aliphatic heterocycles. The van der Waals surface area contributed by atoms with Crippen molar-refractivity contribution in [3.05, 3.63) is 31.3 Å². The first kappa shape index (κ1) is 9.56. The van der Waals surface area contributed by atoms with E-state index in [1.807, 2.05) is 4.98 Å². The van der Waals surface area contributed by atoms with E-state index in [1.165, 1.54) is 0 Å². The molecule has 2 aromatic rings. The van der Waals surface area contributed by atoms with Crippen LogP contribution < -0.4 is 16.9 Å². The van der Waals surface area contributed by atoms with Crippen LogP contribution in [-0.4, -0.2) is 19.9 Å². The predicted molar refractivity (Wildman–Crippen MR) is 40.2 cm³/mol. The van der Waals surface area contributed by atoms with Crippen molar-refractivity contribution in [1.29, 1.82) is 0 Å². The number of imidazole rings is 1. The molecule has 73 valence electrons. The van der Waals surface area contributed by atoms with Crippen LogP contribution in [0.2, 0.25) is 0 Å². The first-order valence-electron chi connectivity index (χ1n) is 3.11. The summed E-state index contributed by atoms with van der Waals surface area (Å²) in [6.07, 6.45) is 0. The topological polar surface area (TPSA) is 114 Å². The van der Waals surface area contributed by atoms with Crippen LogP contribution in [0.5, 0.6) is 0 Å². The van der Waals surface area contributed by atoms with Crippen molar-refractivity contribution in [2.24, 2.45) is 0 Å². The van der Waals surface area contributed by atoms with Crippen LogP contribution in [0.4, 0.5) is 0 Å². The van der Waals surface area contributed by atoms with Crippen LogP contribution in [0.25, 0.3) is 11.2 Å². The van der Waals surface area contributed by atoms with Crippen molar-refractivity contribution in [2.45, 2.75) is 0 Å². The van der Waals surface area contributed by atoms with Gasteiger partial charge >= 0.3 is 11.4 Å². The maximum atomic E-state index is 10.9. The number of hydrogen-bond acceptors (Lipinski definition) is 3. The molecule has 0 aromatic carbocycles. The van der Waals surface area contributed by atoms with Crippen molar-refractivity contribution >= 4 is 11.2 Å². The van der Waals surface area contributed by atoms with Crippen LogP contribution >= 0.6 is 0 Å². The van der Waals surface area contributed by atoms with E-state index in [9.17, 15) is 14.4 Å². The largest absolute Gasteiger partial charge is 0.327 e. The van der Waals surface area contributed by atoms with Gasteiger partial charge in [-0.2, -0.15) is 0 Å². The maximum absolute atomic E-state index is 10.9. The molecule has 0 saturated heterocycles. The Kier molecular flexibility index (Phi) is 2.26. The Labute approximate surface area is 80.1 Å². The molecule has 1 radical (unpaired) electrons. The predicted octanol–water partition coefficient (Wildman–Crippen LogP) is -1.77. The molecule has 2 aromatic heterocycles. The van der Waals surface area contributed by atoms with Gasteiger partial charge in [0.15, 0.2) is 0 Å². The average molecular weight is 232 g/mol. The molecule has 7 nitrogen and oxygen atoms in total. The van der Waals surface area contributed by atoms with Gasteiger partial charge in [-0.05, 0) is 0 Å². The monoisotopic (exact) mass is 231 g/mol. The summed E-state index contributed by atoms with van der Waals surface area (Å²) in [5.41, 5.74) is -1.65. The van der Waals surface area contributed by atoms with Gasteiger partial charge in [0.1, 0.15) is 11.2 Å². The summed E-state index contributed by atoms with van der Waals surface area (Å²) in [6, 6.07) is 0. The molecule has 0 amide bonds. The average Bonchev–Trinajstić information content (AvgIpc) is 2.29. The van der Waals surface area contributed by atoms with Crippen molar-refractivity contribution < 1.29 is 17.1 Å². The van der Waals surface area contributed by atoms with E-state index in [0.717, 1.165) is 0 Å². The molecule has 13 heavy (non-hydrogen) atoms. The molecule has 0 fully saturated rings. The number of aromatic nitrogens is 4. The molecule has 0 aliphatic carbocycles. The minimum Gasteiger partial charge on any atom is -0.300 e. The zero-order valence-corrected chi connectivity index (χ0v) is 6.97. The first-order valence-corrected chi connectivity index (χ1v) is 3.11. The second-order valence-electron chi connectivity index (χ2n) is 2.24. The normalized spacial score (nSPS) is 9.85. The van der Waals surface area contributed by atoms with Gasteiger partial charge in [0.25, 0.3) is 5.56 Å². The molecule has 0 aliphatic rings. The summed E-state index contributed by atoms with van der Waals surface area (Å²) in [6.45, 7) is 0. The summed E-state index contributed by atoms with van der Waals surface area (Å²) in [7, 11) is 0. The van der Waals surface area contributed by atoms with E-state index < -0.39 is 16.9 Å². The molecule has 0 bridgehead atoms. The zero-order chi connectivity index (χ0) is 8.72. The SMILES string of the molecule is O=c1[nH]c(=O)c2[nH]c(=O)[nH]c2[nH]1.[Cu]. The fourth-order valence-corrected chi connectivity index (χ4v) is 0.958. The van der Waals surface area contributed by atoms with Gasteiger partial charge in [0, 0.05) is 17.1 Å². The Morgan fingerprint density at radius 1 is 0.769 bits per heavy atom. The van der Waals surface area contributed by atoms with Gasteiger partial charge in [-0.3, -0.25) is 24.7 Å². The van der Waals surface area contributed by atoms with Gasteiger partial charge in [0.05, 0.1) is 0 Å². The minimum atomic E-state index is -0.650. The van der Waals surface area contributed by atoms with E-state index in [1.54, 1.807) is 0 Å². The third-order valence-electron chi connectivity index (χ3n) is 1.42. The Morgan fingerprint density at radius 3 is 1.92 bits per heavy atom. The van der Waals surface area contributed by atoms with E-state index in [4.69, 9.17) is 0 Å². The molecule has 0 saturated carbocycles. The summed E-state index contributed by atoms with van der Waals surface area (Å²) in [4.78, 5) is 41.0. The van der Waals surface area contributed by atoms with E-state index >= 15 is 0 Å². The molecule has 8 heteroatoms. The minimum absolute atomic E-state index is 0. The molecular weight excluding hydrogens is 228 g/mol. The Morgan fingerprint density at radius 2 is 1.31 bits per heavy atom. The first-order chi connectivity index (χ1) is 5.66. The van der Waals surface area contributed by atoms with Gasteiger partial charge < -0.3 is 0 Å². The van der Waals surface area contributed by atoms with E-state index in [0.29, 0.717) is 0 Å². The third-order valence-corrected chi connectivity index (χ3v) is 1.42. The van der Waals surface area contributed by atoms with Crippen molar-refractivity contribution in [3.8, 4) is 0 Å². The van der Waals surface area contributed by atoms with Crippen LogP contribution in [-0.2, 0) is 17.1 Å². The van der Waals surface area contributed by atoms with E-state index in [2.05, 4.69) is 15.0 Å². The molecule has 2 rings (SSSR count). The molecule has 2 heterocycles. The number of nitrogens with one attached hydrogen (secondary N) is 4. The van der Waals surface area contributed by atoms with Crippen molar-refractivity contribution in [2.75, 3.05) is 0 Å². The Hall–Kier alpha value is -1.53. The third kappa shape index (κ3) is 1.49. The van der Waals surface area contributed by atoms with Crippen LogP contribution in [0, 0.1) is 0 Å². The number of fused-ring (bicyclic) bond motifs is 1. The molecule has 0 spiro atoms. The molecule has 0 unspecified atom stereocenters. The number of hydrogen-bond donors (Lipinski definition) is 4. The summed E-state index contributed by atoms with van der Waals surface area (Å²) in [5.74, 6) is 0. The van der Waals surface area contributed by atoms with Gasteiger partial charge in [-0.1, -0.05) is 0 Å². The van der Waals surface area contributed by atoms with Crippen molar-refractivity contribution in [1.82, 2.24) is 19.9 Å². The van der Waals surface area contributed by atoms with Crippen LogP contribution in [0.1, 0.15) is 0 Å². The standard InChI is InChI=1S/C5H4N4O3.Cu/c10-3-1-2(7-4(11)6-1)8-5(12)9-3;/h(H4,6,7,8,9,10,11,12);. The molecule has 0 atom stereocenters. The van der Waals surface area contributed by atoms with Gasteiger partial charge in [0.2, 0.25) is 0 Å².